The van der Waals surface area contributed by atoms with Crippen LogP contribution in [0.4, 0.5) is 0 Å². The van der Waals surface area contributed by atoms with Crippen molar-refractivity contribution in [2.24, 2.45) is 50.2 Å². The van der Waals surface area contributed by atoms with Crippen LogP contribution >= 0.6 is 0 Å². The predicted octanol–water partition coefficient (Wildman–Crippen LogP) is 3.41. The van der Waals surface area contributed by atoms with Gasteiger partial charge in [-0.05, 0) is 103 Å². The van der Waals surface area contributed by atoms with Gasteiger partial charge in [0.2, 0.25) is 5.91 Å². The number of carbonyl (C=O) groups is 3. The molecule has 9 atom stereocenters. The Bertz CT molecular complexity index is 1860. The zero-order valence-electron chi connectivity index (χ0n) is 33.7. The number of aliphatic hydroxyl groups is 1. The molecule has 2 aromatic rings. The summed E-state index contributed by atoms with van der Waals surface area (Å²) in [4.78, 5) is 40.2. The summed E-state index contributed by atoms with van der Waals surface area (Å²) in [7, 11) is 1.62. The summed E-state index contributed by atoms with van der Waals surface area (Å²) in [6.45, 7) is 14.8. The number of hydrogen-bond donors (Lipinski definition) is 2. The molecule has 7 rings (SSSR count). The predicted molar refractivity (Wildman–Crippen MR) is 196 cm³/mol. The average Bonchev–Trinajstić information content (AvgIpc) is 3.59. The van der Waals surface area contributed by atoms with Crippen molar-refractivity contribution in [3.05, 3.63) is 47.7 Å². The second-order valence-corrected chi connectivity index (χ2v) is 19.0. The van der Waals surface area contributed by atoms with Gasteiger partial charge in [0.05, 0.1) is 26.2 Å². The van der Waals surface area contributed by atoms with Crippen molar-refractivity contribution in [2.75, 3.05) is 13.7 Å². The molecule has 11 heteroatoms. The molecule has 0 aliphatic heterocycles. The fourth-order valence-electron chi connectivity index (χ4n) is 12.5. The molecule has 0 bridgehead atoms. The fourth-order valence-corrected chi connectivity index (χ4v) is 12.5. The summed E-state index contributed by atoms with van der Waals surface area (Å²) in [6, 6.07) is 9.45. The zero-order valence-corrected chi connectivity index (χ0v) is 35.7. The van der Waals surface area contributed by atoms with Gasteiger partial charge in [0.25, 0.3) is 0 Å². The summed E-state index contributed by atoms with van der Waals surface area (Å²) in [5.74, 6) is -1.81. The van der Waals surface area contributed by atoms with Crippen molar-refractivity contribution in [1.82, 2.24) is 10.5 Å². The maximum atomic E-state index is 14.8. The van der Waals surface area contributed by atoms with Gasteiger partial charge in [-0.3, -0.25) is 9.59 Å². The van der Waals surface area contributed by atoms with Crippen LogP contribution in [0.2, 0.25) is 0 Å². The van der Waals surface area contributed by atoms with E-state index >= 15 is 0 Å². The summed E-state index contributed by atoms with van der Waals surface area (Å²) in [5.41, 5.74) is 0.295. The summed E-state index contributed by atoms with van der Waals surface area (Å²) >= 11 is 0. The first-order chi connectivity index (χ1) is 24.8. The van der Waals surface area contributed by atoms with E-state index in [0.29, 0.717) is 30.0 Å². The molecule has 0 saturated heterocycles. The molecule has 288 valence electrons. The Balaban J connectivity index is 0.00000497. The number of nitrogens with zero attached hydrogens (tertiary/aromatic N) is 1. The number of hydrogen-bond acceptors (Lipinski definition) is 9. The largest absolute Gasteiger partial charge is 1.00 e. The number of rotatable bonds is 8. The summed E-state index contributed by atoms with van der Waals surface area (Å²) < 4.78 is 16.8. The van der Waals surface area contributed by atoms with Crippen LogP contribution in [0.1, 0.15) is 112 Å². The van der Waals surface area contributed by atoms with Crippen molar-refractivity contribution in [2.45, 2.75) is 119 Å². The Hall–Kier alpha value is -2.50. The molecule has 10 nitrogen and oxygen atoms in total. The Morgan fingerprint density at radius 2 is 1.70 bits per heavy atom. The maximum Gasteiger partial charge on any atom is 1.00 e. The molecule has 2 N–H and O–H groups in total. The molecule has 4 fully saturated rings. The van der Waals surface area contributed by atoms with Gasteiger partial charge in [-0.25, -0.2) is 0 Å². The summed E-state index contributed by atoms with van der Waals surface area (Å²) in [5, 5.41) is 30.4. The van der Waals surface area contributed by atoms with E-state index in [-0.39, 0.29) is 88.2 Å². The first-order valence-electron chi connectivity index (χ1n) is 19.5. The topological polar surface area (TPSA) is 151 Å². The van der Waals surface area contributed by atoms with E-state index in [0.717, 1.165) is 44.1 Å². The molecule has 0 radical (unpaired) electrons. The van der Waals surface area contributed by atoms with Gasteiger partial charge in [0.1, 0.15) is 11.4 Å². The third-order valence-corrected chi connectivity index (χ3v) is 16.1. The number of amides is 1. The quantitative estimate of drug-likeness (QED) is 0.306. The fraction of sp³-hybridized carbons (Fsp3) is 0.674. The van der Waals surface area contributed by atoms with Gasteiger partial charge >= 0.3 is 29.6 Å². The smallest absolute Gasteiger partial charge is 0.548 e. The van der Waals surface area contributed by atoms with Gasteiger partial charge in [-0.15, -0.1) is 0 Å². The molecule has 1 aromatic carbocycles. The van der Waals surface area contributed by atoms with Crippen LogP contribution in [0.5, 0.6) is 5.75 Å². The number of nitrogens with one attached hydrogen (secondary N) is 1. The SMILES string of the molecule is COc1ccccc1-c1cc(CNC(=O)[C@@]2(C)CC[C@]3(C)CC[C@]4(C)C(=CC(=O)C5[C@@]6(C)CC[C@@](O)(OCC(=O)[O-])C(C)(C)C6CC[C@]54C)[C@H]3C2)on1.[Na+]. The molecule has 4 saturated carbocycles. The first kappa shape index (κ1) is 41.1. The number of benzene rings is 1. The van der Waals surface area contributed by atoms with Crippen LogP contribution in [0, 0.1) is 50.2 Å². The number of carboxylic acids is 1. The molecule has 1 amide bonds. The number of ether oxygens (including phenoxy) is 2. The number of allylic oxidation sites excluding steroid dienone is 2. The van der Waals surface area contributed by atoms with Crippen LogP contribution in [-0.2, 0) is 25.7 Å². The van der Waals surface area contributed by atoms with E-state index in [1.54, 1.807) is 7.11 Å². The number of aliphatic carboxylic acids is 1. The third-order valence-electron chi connectivity index (χ3n) is 16.1. The van der Waals surface area contributed by atoms with E-state index in [2.05, 4.69) is 45.1 Å². The molecule has 5 aliphatic carbocycles. The van der Waals surface area contributed by atoms with Crippen LogP contribution < -0.4 is 44.7 Å². The maximum absolute atomic E-state index is 14.8. The van der Waals surface area contributed by atoms with Crippen LogP contribution in [0.15, 0.2) is 46.5 Å². The Kier molecular flexibility index (Phi) is 10.6. The minimum atomic E-state index is -1.63. The summed E-state index contributed by atoms with van der Waals surface area (Å²) in [6.07, 6.45) is 8.76. The van der Waals surface area contributed by atoms with E-state index in [9.17, 15) is 24.6 Å². The molecule has 1 aromatic heterocycles. The van der Waals surface area contributed by atoms with Crippen LogP contribution in [0.25, 0.3) is 11.3 Å². The van der Waals surface area contributed by atoms with Gasteiger partial charge < -0.3 is 34.3 Å². The second kappa shape index (κ2) is 13.9. The number of aromatic nitrogens is 1. The van der Waals surface area contributed by atoms with Crippen molar-refractivity contribution in [3.63, 3.8) is 0 Å². The Labute approximate surface area is 341 Å². The van der Waals surface area contributed by atoms with Crippen molar-refractivity contribution in [3.8, 4) is 17.0 Å². The Morgan fingerprint density at radius 3 is 2.41 bits per heavy atom. The van der Waals surface area contributed by atoms with Gasteiger partial charge in [0.15, 0.2) is 17.3 Å². The number of fused-ring (bicyclic) bond motifs is 7. The number of para-hydroxylation sites is 1. The number of ketones is 1. The van der Waals surface area contributed by atoms with E-state index in [4.69, 9.17) is 14.0 Å². The third kappa shape index (κ3) is 6.07. The molecule has 5 aliphatic rings. The van der Waals surface area contributed by atoms with Crippen LogP contribution in [-0.4, -0.2) is 47.4 Å². The monoisotopic (exact) mass is 752 g/mol. The van der Waals surface area contributed by atoms with Gasteiger partial charge in [-0.1, -0.05) is 71.3 Å². The van der Waals surface area contributed by atoms with E-state index in [1.165, 1.54) is 5.57 Å². The molecular formula is C43H57N2NaO8. The molecule has 2 unspecified atom stereocenters. The molecular weight excluding hydrogens is 695 g/mol. The van der Waals surface area contributed by atoms with Gasteiger partial charge in [-0.2, -0.15) is 0 Å². The minimum absolute atomic E-state index is 0. The first-order valence-corrected chi connectivity index (χ1v) is 19.5. The van der Waals surface area contributed by atoms with Gasteiger partial charge in [0, 0.05) is 34.8 Å². The minimum Gasteiger partial charge on any atom is -0.548 e. The van der Waals surface area contributed by atoms with Crippen molar-refractivity contribution >= 4 is 17.7 Å². The standard InChI is InChI=1S/C43H58N2O8.Na/c1-37(2)33-13-14-42(7)35(40(33,5)18-20-43(37,50)52-25-34(47)48)31(46)22-28-29-23-39(4,16-15-38(29,3)17-19-41(28,42)6)36(49)44-24-26-21-30(45-53-26)27-11-9-10-12-32(27)51-8;/h9-12,21-22,29,33,35,50H,13-20,23-25H2,1-8H3,(H,44,49)(H,47,48);/q;+1/p-1/t29-,33?,35?,38-,39+,40+,41-,42-,43-;/m1./s1. The molecule has 0 spiro atoms. The normalized spacial score (nSPS) is 39.4. The Morgan fingerprint density at radius 1 is 1.00 bits per heavy atom. The number of methoxy groups -OCH3 is 1. The van der Waals surface area contributed by atoms with Crippen LogP contribution in [0.3, 0.4) is 0 Å². The molecule has 1 heterocycles. The van der Waals surface area contributed by atoms with Crippen molar-refractivity contribution in [1.29, 1.82) is 0 Å². The number of carboxylic acid groups (broad SMARTS) is 1. The zero-order chi connectivity index (χ0) is 38.4. The average molecular weight is 753 g/mol. The van der Waals surface area contributed by atoms with E-state index in [1.807, 2.05) is 50.3 Å². The van der Waals surface area contributed by atoms with Crippen molar-refractivity contribution < 1.29 is 68.2 Å². The number of carbonyl (C=O) groups excluding carboxylic acids is 3. The second-order valence-electron chi connectivity index (χ2n) is 19.0. The molecule has 54 heavy (non-hydrogen) atoms. The van der Waals surface area contributed by atoms with E-state index < -0.39 is 34.6 Å².